The summed E-state index contributed by atoms with van der Waals surface area (Å²) in [7, 11) is 1.66. The number of hydrogen-bond acceptors (Lipinski definition) is 3. The van der Waals surface area contributed by atoms with Crippen molar-refractivity contribution in [1.29, 1.82) is 0 Å². The van der Waals surface area contributed by atoms with Crippen LogP contribution in [0.25, 0.3) is 0 Å². The van der Waals surface area contributed by atoms with Crippen molar-refractivity contribution >= 4 is 11.7 Å². The monoisotopic (exact) mass is 204 g/mol. The fraction of sp³-hybridized carbons (Fsp3) is 0.778. The van der Waals surface area contributed by atoms with E-state index >= 15 is 0 Å². The van der Waals surface area contributed by atoms with E-state index in [0.717, 1.165) is 0 Å². The van der Waals surface area contributed by atoms with Gasteiger partial charge in [-0.25, -0.2) is 4.39 Å². The van der Waals surface area contributed by atoms with Crippen LogP contribution in [0.2, 0.25) is 0 Å². The zero-order valence-corrected chi connectivity index (χ0v) is 8.76. The average Bonchev–Trinajstić information content (AvgIpc) is 2.18. The number of carbonyl (C=O) groups is 2. The van der Waals surface area contributed by atoms with Gasteiger partial charge in [0.05, 0.1) is 12.1 Å². The molecular formula is C9H17FN2O2. The molecule has 2 atom stereocenters. The molecule has 0 saturated heterocycles. The molecule has 0 saturated carbocycles. The number of carbonyl (C=O) groups excluding carboxylic acids is 2. The van der Waals surface area contributed by atoms with E-state index in [4.69, 9.17) is 0 Å². The van der Waals surface area contributed by atoms with Crippen LogP contribution in [-0.4, -0.2) is 37.5 Å². The van der Waals surface area contributed by atoms with Crippen molar-refractivity contribution in [1.82, 2.24) is 10.6 Å². The number of halogens is 1. The van der Waals surface area contributed by atoms with Crippen LogP contribution in [0.15, 0.2) is 0 Å². The van der Waals surface area contributed by atoms with Gasteiger partial charge in [-0.1, -0.05) is 6.92 Å². The number of Topliss-reactive ketones (excluding diaryl/α,β-unsaturated/α-hetero) is 1. The molecule has 0 fully saturated rings. The largest absolute Gasteiger partial charge is 0.345 e. The molecular weight excluding hydrogens is 187 g/mol. The number of alkyl halides is 1. The summed E-state index contributed by atoms with van der Waals surface area (Å²) in [6.07, 6.45) is 0.624. The van der Waals surface area contributed by atoms with Crippen LogP contribution >= 0.6 is 0 Å². The minimum Gasteiger partial charge on any atom is -0.345 e. The molecule has 0 aliphatic carbocycles. The zero-order valence-electron chi connectivity index (χ0n) is 8.76. The predicted molar refractivity (Wildman–Crippen MR) is 51.7 cm³/mol. The molecule has 82 valence electrons. The van der Waals surface area contributed by atoms with E-state index in [9.17, 15) is 14.0 Å². The quantitative estimate of drug-likeness (QED) is 0.641. The molecule has 0 aromatic rings. The van der Waals surface area contributed by atoms with Crippen molar-refractivity contribution in [2.45, 2.75) is 32.4 Å². The molecule has 0 heterocycles. The van der Waals surface area contributed by atoms with Crippen LogP contribution in [0.4, 0.5) is 4.39 Å². The lowest BCUT2D eigenvalue weighted by Gasteiger charge is -2.17. The Hall–Kier alpha value is -0.970. The fourth-order valence-corrected chi connectivity index (χ4v) is 1.03. The zero-order chi connectivity index (χ0) is 11.1. The topological polar surface area (TPSA) is 58.2 Å². The van der Waals surface area contributed by atoms with Crippen LogP contribution in [0.5, 0.6) is 0 Å². The van der Waals surface area contributed by atoms with Gasteiger partial charge in [0.2, 0.25) is 5.91 Å². The van der Waals surface area contributed by atoms with Crippen LogP contribution in [0.3, 0.4) is 0 Å². The van der Waals surface area contributed by atoms with E-state index in [1.165, 1.54) is 6.92 Å². The summed E-state index contributed by atoms with van der Waals surface area (Å²) >= 11 is 0. The molecule has 0 rings (SSSR count). The lowest BCUT2D eigenvalue weighted by Crippen LogP contribution is -2.48. The average molecular weight is 204 g/mol. The second-order valence-corrected chi connectivity index (χ2v) is 3.08. The van der Waals surface area contributed by atoms with Crippen molar-refractivity contribution in [3.63, 3.8) is 0 Å². The van der Waals surface area contributed by atoms with Gasteiger partial charge in [0, 0.05) is 0 Å². The molecule has 1 amide bonds. The first-order valence-corrected chi connectivity index (χ1v) is 4.63. The third kappa shape index (κ3) is 3.83. The lowest BCUT2D eigenvalue weighted by molar-refractivity contribution is -0.129. The molecule has 0 aliphatic heterocycles. The Morgan fingerprint density at radius 2 is 2.00 bits per heavy atom. The van der Waals surface area contributed by atoms with Gasteiger partial charge in [-0.15, -0.1) is 0 Å². The minimum atomic E-state index is -1.04. The molecule has 0 spiro atoms. The highest BCUT2D eigenvalue weighted by Gasteiger charge is 2.19. The van der Waals surface area contributed by atoms with E-state index in [1.54, 1.807) is 7.05 Å². The standard InChI is InChI=1S/C9H17FN2O2/c1-4-7(11-3)9(14)12-6(2)8(13)5-10/h6-7,11H,4-5H2,1-3H3,(H,12,14)/t6-,7?/m0/s1. The van der Waals surface area contributed by atoms with Gasteiger partial charge in [0.25, 0.3) is 0 Å². The van der Waals surface area contributed by atoms with Gasteiger partial charge < -0.3 is 10.6 Å². The first-order valence-electron chi connectivity index (χ1n) is 4.63. The highest BCUT2D eigenvalue weighted by molar-refractivity contribution is 5.91. The van der Waals surface area contributed by atoms with Crippen molar-refractivity contribution in [2.75, 3.05) is 13.7 Å². The number of rotatable bonds is 6. The second-order valence-electron chi connectivity index (χ2n) is 3.08. The van der Waals surface area contributed by atoms with E-state index in [2.05, 4.69) is 10.6 Å². The molecule has 2 N–H and O–H groups in total. The summed E-state index contributed by atoms with van der Waals surface area (Å²) in [5.41, 5.74) is 0. The van der Waals surface area contributed by atoms with Crippen LogP contribution in [0, 0.1) is 0 Å². The third-order valence-corrected chi connectivity index (χ3v) is 2.05. The van der Waals surface area contributed by atoms with E-state index in [0.29, 0.717) is 6.42 Å². The Kier molecular flexibility index (Phi) is 6.03. The van der Waals surface area contributed by atoms with Gasteiger partial charge >= 0.3 is 0 Å². The van der Waals surface area contributed by atoms with Gasteiger partial charge in [0.1, 0.15) is 6.67 Å². The summed E-state index contributed by atoms with van der Waals surface area (Å²) in [4.78, 5) is 22.2. The molecule has 0 bridgehead atoms. The first-order chi connectivity index (χ1) is 6.56. The maximum absolute atomic E-state index is 11.9. The number of hydrogen-bond donors (Lipinski definition) is 2. The van der Waals surface area contributed by atoms with Crippen LogP contribution in [0.1, 0.15) is 20.3 Å². The molecule has 4 nitrogen and oxygen atoms in total. The molecule has 0 aromatic heterocycles. The van der Waals surface area contributed by atoms with E-state index in [-0.39, 0.29) is 11.9 Å². The maximum atomic E-state index is 11.9. The smallest absolute Gasteiger partial charge is 0.237 e. The van der Waals surface area contributed by atoms with Gasteiger partial charge in [-0.3, -0.25) is 9.59 Å². The number of likely N-dealkylation sites (N-methyl/N-ethyl adjacent to an activating group) is 1. The van der Waals surface area contributed by atoms with Crippen LogP contribution in [-0.2, 0) is 9.59 Å². The summed E-state index contributed by atoms with van der Waals surface area (Å²) in [6.45, 7) is 2.28. The lowest BCUT2D eigenvalue weighted by atomic mass is 10.1. The molecule has 14 heavy (non-hydrogen) atoms. The normalized spacial score (nSPS) is 14.6. The van der Waals surface area contributed by atoms with Crippen molar-refractivity contribution in [3.8, 4) is 0 Å². The number of nitrogens with one attached hydrogen (secondary N) is 2. The Balaban J connectivity index is 4.10. The SMILES string of the molecule is CCC(NC)C(=O)N[C@@H](C)C(=O)CF. The fourth-order valence-electron chi connectivity index (χ4n) is 1.03. The maximum Gasteiger partial charge on any atom is 0.237 e. The summed E-state index contributed by atoms with van der Waals surface area (Å²) < 4.78 is 11.9. The van der Waals surface area contributed by atoms with E-state index in [1.807, 2.05) is 6.92 Å². The molecule has 5 heteroatoms. The third-order valence-electron chi connectivity index (χ3n) is 2.05. The second kappa shape index (κ2) is 6.48. The van der Waals surface area contributed by atoms with E-state index < -0.39 is 18.5 Å². The van der Waals surface area contributed by atoms with Crippen LogP contribution < -0.4 is 10.6 Å². The molecule has 1 unspecified atom stereocenters. The minimum absolute atomic E-state index is 0.274. The Bertz CT molecular complexity index is 205. The highest BCUT2D eigenvalue weighted by Crippen LogP contribution is 1.93. The summed E-state index contributed by atoms with van der Waals surface area (Å²) in [5, 5.41) is 5.24. The summed E-state index contributed by atoms with van der Waals surface area (Å²) in [5.74, 6) is -0.881. The van der Waals surface area contributed by atoms with Crippen molar-refractivity contribution < 1.29 is 14.0 Å². The molecule has 0 aromatic carbocycles. The van der Waals surface area contributed by atoms with Gasteiger partial charge in [-0.2, -0.15) is 0 Å². The first kappa shape index (κ1) is 13.0. The Labute approximate surface area is 83.2 Å². The highest BCUT2D eigenvalue weighted by atomic mass is 19.1. The Morgan fingerprint density at radius 1 is 1.43 bits per heavy atom. The van der Waals surface area contributed by atoms with Crippen molar-refractivity contribution in [2.24, 2.45) is 0 Å². The predicted octanol–water partition coefficient (Wildman–Crippen LogP) is 0.0277. The molecule has 0 radical (unpaired) electrons. The summed E-state index contributed by atoms with van der Waals surface area (Å²) in [6, 6.07) is -1.08. The van der Waals surface area contributed by atoms with Gasteiger partial charge in [0.15, 0.2) is 5.78 Å². The molecule has 0 aliphatic rings. The van der Waals surface area contributed by atoms with Crippen molar-refractivity contribution in [3.05, 3.63) is 0 Å². The van der Waals surface area contributed by atoms with Gasteiger partial charge in [-0.05, 0) is 20.4 Å². The number of amides is 1. The number of ketones is 1. The Morgan fingerprint density at radius 3 is 2.36 bits per heavy atom.